The summed E-state index contributed by atoms with van der Waals surface area (Å²) in [5, 5.41) is 9.40. The molecule has 0 aromatic heterocycles. The first kappa shape index (κ1) is 20.4. The number of aliphatic imine (C=N–C) groups is 1. The Morgan fingerprint density at radius 3 is 2.66 bits per heavy atom. The van der Waals surface area contributed by atoms with E-state index in [-0.39, 0.29) is 35.3 Å². The van der Waals surface area contributed by atoms with Gasteiger partial charge in [0.2, 0.25) is 5.91 Å². The summed E-state index contributed by atoms with van der Waals surface area (Å²) < 4.78 is 20.0. The van der Waals surface area contributed by atoms with Crippen LogP contribution in [-0.4, -0.2) is 48.5 Å². The Bertz CT molecular complexity index is 871. The Balaban J connectivity index is 1.77. The lowest BCUT2D eigenvalue weighted by atomic mass is 10.1. The second-order valence-electron chi connectivity index (χ2n) is 7.08. The molecule has 0 bridgehead atoms. The molecule has 1 aromatic carbocycles. The average Bonchev–Trinajstić information content (AvgIpc) is 3.20. The van der Waals surface area contributed by atoms with E-state index in [0.29, 0.717) is 13.1 Å². The number of anilines is 1. The highest BCUT2D eigenvalue weighted by molar-refractivity contribution is 5.88. The number of nitriles is 1. The molecular weight excluding hydrogens is 379 g/mol. The van der Waals surface area contributed by atoms with E-state index in [1.807, 2.05) is 11.0 Å². The van der Waals surface area contributed by atoms with Gasteiger partial charge in [-0.2, -0.15) is 5.26 Å². The molecule has 1 saturated heterocycles. The molecule has 0 atom stereocenters. The molecule has 3 rings (SSSR count). The first-order valence-corrected chi connectivity index (χ1v) is 9.43. The molecule has 2 fully saturated rings. The fourth-order valence-electron chi connectivity index (χ4n) is 3.87. The molecule has 10 heteroatoms. The SMILES string of the molecule is N#Cc1ccc(COC(=O)N=C(N)N)c(F)c1N1CCN(C2CCCC2)C(=O)C1. The number of carbonyl (C=O) groups is 2. The van der Waals surface area contributed by atoms with Gasteiger partial charge in [-0.1, -0.05) is 18.9 Å². The maximum atomic E-state index is 15.1. The number of carbonyl (C=O) groups excluding carboxylic acids is 2. The fraction of sp³-hybridized carbons (Fsp3) is 0.474. The zero-order chi connectivity index (χ0) is 21.0. The zero-order valence-electron chi connectivity index (χ0n) is 15.9. The van der Waals surface area contributed by atoms with Crippen LogP contribution in [0.25, 0.3) is 0 Å². The molecule has 1 saturated carbocycles. The smallest absolute Gasteiger partial charge is 0.437 e. The minimum absolute atomic E-state index is 0.000653. The first-order chi connectivity index (χ1) is 13.9. The summed E-state index contributed by atoms with van der Waals surface area (Å²) in [6.07, 6.45) is 3.19. The van der Waals surface area contributed by atoms with Crippen molar-refractivity contribution in [1.82, 2.24) is 4.90 Å². The van der Waals surface area contributed by atoms with Gasteiger partial charge in [-0.05, 0) is 18.9 Å². The predicted octanol–water partition coefficient (Wildman–Crippen LogP) is 1.20. The van der Waals surface area contributed by atoms with Gasteiger partial charge in [-0.25, -0.2) is 9.18 Å². The monoisotopic (exact) mass is 402 g/mol. The number of rotatable bonds is 4. The van der Waals surface area contributed by atoms with Crippen LogP contribution >= 0.6 is 0 Å². The Labute approximate surface area is 167 Å². The van der Waals surface area contributed by atoms with Crippen LogP contribution in [0.3, 0.4) is 0 Å². The van der Waals surface area contributed by atoms with Crippen molar-refractivity contribution in [2.45, 2.75) is 38.3 Å². The normalized spacial score (nSPS) is 17.2. The van der Waals surface area contributed by atoms with Gasteiger partial charge in [0.05, 0.1) is 17.8 Å². The highest BCUT2D eigenvalue weighted by atomic mass is 19.1. The van der Waals surface area contributed by atoms with Gasteiger partial charge < -0.3 is 26.0 Å². The van der Waals surface area contributed by atoms with Gasteiger partial charge in [0.1, 0.15) is 12.7 Å². The van der Waals surface area contributed by atoms with Crippen LogP contribution in [0.2, 0.25) is 0 Å². The van der Waals surface area contributed by atoms with E-state index in [2.05, 4.69) is 4.99 Å². The van der Waals surface area contributed by atoms with Crippen LogP contribution in [-0.2, 0) is 16.1 Å². The zero-order valence-corrected chi connectivity index (χ0v) is 15.9. The van der Waals surface area contributed by atoms with Gasteiger partial charge in [-0.3, -0.25) is 4.79 Å². The van der Waals surface area contributed by atoms with Gasteiger partial charge in [0, 0.05) is 24.7 Å². The first-order valence-electron chi connectivity index (χ1n) is 9.43. The van der Waals surface area contributed by atoms with Crippen LogP contribution in [0.15, 0.2) is 17.1 Å². The van der Waals surface area contributed by atoms with Crippen molar-refractivity contribution >= 4 is 23.6 Å². The maximum absolute atomic E-state index is 15.1. The van der Waals surface area contributed by atoms with Crippen molar-refractivity contribution in [3.05, 3.63) is 29.1 Å². The molecule has 154 valence electrons. The summed E-state index contributed by atoms with van der Waals surface area (Å²) in [4.78, 5) is 30.7. The summed E-state index contributed by atoms with van der Waals surface area (Å²) >= 11 is 0. The molecule has 1 heterocycles. The van der Waals surface area contributed by atoms with E-state index in [4.69, 9.17) is 16.2 Å². The highest BCUT2D eigenvalue weighted by Gasteiger charge is 2.33. The lowest BCUT2D eigenvalue weighted by molar-refractivity contribution is -0.133. The van der Waals surface area contributed by atoms with Crippen LogP contribution in [0.1, 0.15) is 36.8 Å². The largest absolute Gasteiger partial charge is 0.443 e. The lowest BCUT2D eigenvalue weighted by Gasteiger charge is -2.39. The quantitative estimate of drug-likeness (QED) is 0.570. The van der Waals surface area contributed by atoms with Gasteiger partial charge in [0.25, 0.3) is 0 Å². The number of guanidine groups is 1. The van der Waals surface area contributed by atoms with E-state index < -0.39 is 24.5 Å². The third-order valence-corrected chi connectivity index (χ3v) is 5.23. The number of nitrogens with two attached hydrogens (primary N) is 2. The molecule has 1 aliphatic heterocycles. The van der Waals surface area contributed by atoms with Crippen molar-refractivity contribution in [1.29, 1.82) is 5.26 Å². The second-order valence-corrected chi connectivity index (χ2v) is 7.08. The number of nitrogens with zero attached hydrogens (tertiary/aromatic N) is 4. The summed E-state index contributed by atoms with van der Waals surface area (Å²) in [6, 6.07) is 5.02. The van der Waals surface area contributed by atoms with Gasteiger partial charge in [-0.15, -0.1) is 4.99 Å². The maximum Gasteiger partial charge on any atom is 0.437 e. The molecule has 2 amide bonds. The highest BCUT2D eigenvalue weighted by Crippen LogP contribution is 2.31. The Hall–Kier alpha value is -3.35. The summed E-state index contributed by atoms with van der Waals surface area (Å²) in [5.41, 5.74) is 10.4. The van der Waals surface area contributed by atoms with Crippen LogP contribution in [0, 0.1) is 17.1 Å². The van der Waals surface area contributed by atoms with E-state index in [1.54, 1.807) is 4.90 Å². The fourth-order valence-corrected chi connectivity index (χ4v) is 3.87. The Morgan fingerprint density at radius 2 is 2.03 bits per heavy atom. The number of halogens is 1. The third kappa shape index (κ3) is 4.56. The van der Waals surface area contributed by atoms with E-state index in [1.165, 1.54) is 12.1 Å². The molecule has 0 radical (unpaired) electrons. The minimum atomic E-state index is -1.05. The molecule has 0 spiro atoms. The number of amides is 2. The Morgan fingerprint density at radius 1 is 1.31 bits per heavy atom. The molecule has 2 aliphatic rings. The van der Waals surface area contributed by atoms with E-state index in [9.17, 15) is 14.9 Å². The standard InChI is InChI=1S/C19H23FN6O3/c20-16-13(11-29-19(28)24-18(22)23)6-5-12(9-21)17(16)25-7-8-26(15(27)10-25)14-3-1-2-4-14/h5-6,14H,1-4,7-8,10-11H2,(H4,22,23,24,28). The topological polar surface area (TPSA) is 138 Å². The summed E-state index contributed by atoms with van der Waals surface area (Å²) in [6.45, 7) is 0.498. The summed E-state index contributed by atoms with van der Waals surface area (Å²) in [7, 11) is 0. The Kier molecular flexibility index (Phi) is 6.16. The number of ether oxygens (including phenoxy) is 1. The minimum Gasteiger partial charge on any atom is -0.443 e. The lowest BCUT2D eigenvalue weighted by Crippen LogP contribution is -2.54. The van der Waals surface area contributed by atoms with Crippen molar-refractivity contribution in [3.63, 3.8) is 0 Å². The van der Waals surface area contributed by atoms with Gasteiger partial charge >= 0.3 is 6.09 Å². The summed E-state index contributed by atoms with van der Waals surface area (Å²) in [5.74, 6) is -1.24. The van der Waals surface area contributed by atoms with Gasteiger partial charge in [0.15, 0.2) is 11.8 Å². The van der Waals surface area contributed by atoms with E-state index >= 15 is 4.39 Å². The number of piperazine rings is 1. The van der Waals surface area contributed by atoms with Crippen LogP contribution in [0.5, 0.6) is 0 Å². The van der Waals surface area contributed by atoms with Crippen molar-refractivity contribution in [3.8, 4) is 6.07 Å². The molecule has 0 unspecified atom stereocenters. The second kappa shape index (κ2) is 8.77. The van der Waals surface area contributed by atoms with Crippen molar-refractivity contribution in [2.24, 2.45) is 16.5 Å². The average molecular weight is 402 g/mol. The van der Waals surface area contributed by atoms with Crippen molar-refractivity contribution < 1.29 is 18.7 Å². The molecule has 9 nitrogen and oxygen atoms in total. The number of hydrogen-bond donors (Lipinski definition) is 2. The predicted molar refractivity (Wildman–Crippen MR) is 103 cm³/mol. The molecule has 4 N–H and O–H groups in total. The molecule has 29 heavy (non-hydrogen) atoms. The number of benzene rings is 1. The third-order valence-electron chi connectivity index (χ3n) is 5.23. The molecule has 1 aliphatic carbocycles. The van der Waals surface area contributed by atoms with Crippen molar-refractivity contribution in [2.75, 3.05) is 24.5 Å². The molecular formula is C19H23FN6O3. The number of hydrogen-bond acceptors (Lipinski definition) is 5. The van der Waals surface area contributed by atoms with Crippen LogP contribution in [0.4, 0.5) is 14.9 Å². The molecule has 1 aromatic rings. The van der Waals surface area contributed by atoms with Crippen LogP contribution < -0.4 is 16.4 Å². The van der Waals surface area contributed by atoms with E-state index in [0.717, 1.165) is 25.7 Å².